The number of hydrogen-bond donors (Lipinski definition) is 1. The SMILES string of the molecule is NCc1ccc(C(=O)N2CC=C(C(F)(F)F)CC2)o1. The minimum atomic E-state index is -4.31. The molecule has 2 heterocycles. The van der Waals surface area contributed by atoms with Crippen LogP contribution in [0.25, 0.3) is 0 Å². The van der Waals surface area contributed by atoms with E-state index in [1.807, 2.05) is 0 Å². The van der Waals surface area contributed by atoms with Crippen molar-refractivity contribution in [1.82, 2.24) is 4.90 Å². The van der Waals surface area contributed by atoms with Crippen molar-refractivity contribution < 1.29 is 22.4 Å². The van der Waals surface area contributed by atoms with Crippen LogP contribution in [0.4, 0.5) is 13.2 Å². The van der Waals surface area contributed by atoms with Crippen LogP contribution in [0.3, 0.4) is 0 Å². The lowest BCUT2D eigenvalue weighted by Crippen LogP contribution is -2.36. The van der Waals surface area contributed by atoms with Gasteiger partial charge in [-0.15, -0.1) is 0 Å². The Morgan fingerprint density at radius 1 is 1.42 bits per heavy atom. The van der Waals surface area contributed by atoms with Gasteiger partial charge in [-0.3, -0.25) is 4.79 Å². The molecule has 0 aliphatic carbocycles. The lowest BCUT2D eigenvalue weighted by Gasteiger charge is -2.26. The van der Waals surface area contributed by atoms with Crippen molar-refractivity contribution in [2.45, 2.75) is 19.1 Å². The maximum Gasteiger partial charge on any atom is 0.412 e. The fourth-order valence-corrected chi connectivity index (χ4v) is 1.87. The highest BCUT2D eigenvalue weighted by atomic mass is 19.4. The molecule has 0 saturated carbocycles. The average molecular weight is 274 g/mol. The van der Waals surface area contributed by atoms with Crippen molar-refractivity contribution in [3.63, 3.8) is 0 Å². The van der Waals surface area contributed by atoms with Gasteiger partial charge in [-0.25, -0.2) is 0 Å². The summed E-state index contributed by atoms with van der Waals surface area (Å²) in [5.41, 5.74) is 4.77. The Morgan fingerprint density at radius 3 is 2.63 bits per heavy atom. The van der Waals surface area contributed by atoms with Crippen molar-refractivity contribution >= 4 is 5.91 Å². The maximum atomic E-state index is 12.4. The third-order valence-electron chi connectivity index (χ3n) is 2.93. The summed E-state index contributed by atoms with van der Waals surface area (Å²) in [6, 6.07) is 3.06. The molecule has 0 unspecified atom stereocenters. The molecule has 1 aromatic heterocycles. The van der Waals surface area contributed by atoms with Crippen molar-refractivity contribution in [3.8, 4) is 0 Å². The van der Waals surface area contributed by atoms with Crippen molar-refractivity contribution in [2.24, 2.45) is 5.73 Å². The molecule has 0 atom stereocenters. The van der Waals surface area contributed by atoms with Crippen LogP contribution in [0, 0.1) is 0 Å². The molecular weight excluding hydrogens is 261 g/mol. The number of amides is 1. The van der Waals surface area contributed by atoms with Crippen LogP contribution in [0.15, 0.2) is 28.2 Å². The molecule has 1 aliphatic heterocycles. The number of nitrogens with two attached hydrogens (primary N) is 1. The fraction of sp³-hybridized carbons (Fsp3) is 0.417. The average Bonchev–Trinajstić information content (AvgIpc) is 2.86. The summed E-state index contributed by atoms with van der Waals surface area (Å²) in [5, 5.41) is 0. The monoisotopic (exact) mass is 274 g/mol. The van der Waals surface area contributed by atoms with Gasteiger partial charge in [0, 0.05) is 18.7 Å². The van der Waals surface area contributed by atoms with E-state index in [1.165, 1.54) is 11.0 Å². The van der Waals surface area contributed by atoms with E-state index in [1.54, 1.807) is 6.07 Å². The highest BCUT2D eigenvalue weighted by Gasteiger charge is 2.35. The van der Waals surface area contributed by atoms with Crippen molar-refractivity contribution in [2.75, 3.05) is 13.1 Å². The van der Waals surface area contributed by atoms with Gasteiger partial charge in [0.1, 0.15) is 5.76 Å². The molecule has 0 radical (unpaired) electrons. The molecule has 0 spiro atoms. The van der Waals surface area contributed by atoms with Crippen LogP contribution in [0.2, 0.25) is 0 Å². The van der Waals surface area contributed by atoms with Gasteiger partial charge in [0.05, 0.1) is 6.54 Å². The van der Waals surface area contributed by atoms with Gasteiger partial charge >= 0.3 is 6.18 Å². The number of furan rings is 1. The Balaban J connectivity index is 2.05. The van der Waals surface area contributed by atoms with Crippen LogP contribution < -0.4 is 5.73 Å². The number of carbonyl (C=O) groups is 1. The molecule has 19 heavy (non-hydrogen) atoms. The molecule has 1 aliphatic rings. The molecular formula is C12H13F3N2O2. The smallest absolute Gasteiger partial charge is 0.412 e. The standard InChI is InChI=1S/C12H13F3N2O2/c13-12(14,15)8-3-5-17(6-4-8)11(18)10-2-1-9(7-16)19-10/h1-3H,4-7,16H2. The molecule has 2 N–H and O–H groups in total. The van der Waals surface area contributed by atoms with Crippen LogP contribution in [0.1, 0.15) is 22.7 Å². The molecule has 1 aromatic rings. The number of nitrogens with zero attached hydrogens (tertiary/aromatic N) is 1. The zero-order valence-electron chi connectivity index (χ0n) is 10.0. The third-order valence-corrected chi connectivity index (χ3v) is 2.93. The predicted molar refractivity (Wildman–Crippen MR) is 61.3 cm³/mol. The number of rotatable bonds is 2. The molecule has 2 rings (SSSR count). The first kappa shape index (κ1) is 13.7. The lowest BCUT2D eigenvalue weighted by atomic mass is 10.1. The second-order valence-electron chi connectivity index (χ2n) is 4.20. The van der Waals surface area contributed by atoms with Crippen molar-refractivity contribution in [1.29, 1.82) is 0 Å². The highest BCUT2D eigenvalue weighted by Crippen LogP contribution is 2.30. The van der Waals surface area contributed by atoms with E-state index < -0.39 is 17.7 Å². The molecule has 1 amide bonds. The Hall–Kier alpha value is -1.76. The summed E-state index contributed by atoms with van der Waals surface area (Å²) in [4.78, 5) is 13.3. The number of carbonyl (C=O) groups excluding carboxylic acids is 1. The second-order valence-corrected chi connectivity index (χ2v) is 4.20. The van der Waals surface area contributed by atoms with E-state index in [0.29, 0.717) is 5.76 Å². The third kappa shape index (κ3) is 2.98. The predicted octanol–water partition coefficient (Wildman–Crippen LogP) is 2.07. The minimum absolute atomic E-state index is 0.0306. The van der Waals surface area contributed by atoms with Crippen LogP contribution >= 0.6 is 0 Å². The van der Waals surface area contributed by atoms with Crippen molar-refractivity contribution in [3.05, 3.63) is 35.3 Å². The number of halogens is 3. The van der Waals surface area contributed by atoms with Gasteiger partial charge in [0.2, 0.25) is 0 Å². The van der Waals surface area contributed by atoms with Crippen LogP contribution in [-0.2, 0) is 6.54 Å². The summed E-state index contributed by atoms with van der Waals surface area (Å²) < 4.78 is 42.5. The summed E-state index contributed by atoms with van der Waals surface area (Å²) >= 11 is 0. The van der Waals surface area contributed by atoms with E-state index in [2.05, 4.69) is 0 Å². The Kier molecular flexibility index (Phi) is 3.66. The molecule has 0 saturated heterocycles. The first-order chi connectivity index (χ1) is 8.91. The Labute approximate surface area is 107 Å². The number of alkyl halides is 3. The molecule has 7 heteroatoms. The fourth-order valence-electron chi connectivity index (χ4n) is 1.87. The lowest BCUT2D eigenvalue weighted by molar-refractivity contribution is -0.0957. The minimum Gasteiger partial charge on any atom is -0.455 e. The summed E-state index contributed by atoms with van der Waals surface area (Å²) in [5.74, 6) is 0.147. The highest BCUT2D eigenvalue weighted by molar-refractivity contribution is 5.91. The van der Waals surface area contributed by atoms with Gasteiger partial charge in [-0.1, -0.05) is 6.08 Å². The molecule has 4 nitrogen and oxygen atoms in total. The molecule has 104 valence electrons. The topological polar surface area (TPSA) is 59.5 Å². The molecule has 0 fully saturated rings. The summed E-state index contributed by atoms with van der Waals surface area (Å²) in [6.07, 6.45) is -3.47. The van der Waals surface area contributed by atoms with E-state index in [0.717, 1.165) is 6.08 Å². The second kappa shape index (κ2) is 5.08. The van der Waals surface area contributed by atoms with Gasteiger partial charge in [-0.2, -0.15) is 13.2 Å². The zero-order valence-corrected chi connectivity index (χ0v) is 10.0. The first-order valence-corrected chi connectivity index (χ1v) is 5.76. The van der Waals surface area contributed by atoms with Gasteiger partial charge in [-0.05, 0) is 18.6 Å². The van der Waals surface area contributed by atoms with Crippen LogP contribution in [0.5, 0.6) is 0 Å². The summed E-state index contributed by atoms with van der Waals surface area (Å²) in [6.45, 7) is 0.139. The van der Waals surface area contributed by atoms with E-state index >= 15 is 0 Å². The normalized spacial score (nSPS) is 16.4. The summed E-state index contributed by atoms with van der Waals surface area (Å²) in [7, 11) is 0. The molecule has 0 aromatic carbocycles. The maximum absolute atomic E-state index is 12.4. The largest absolute Gasteiger partial charge is 0.455 e. The van der Waals surface area contributed by atoms with Gasteiger partial charge < -0.3 is 15.1 Å². The Bertz CT molecular complexity index is 505. The number of hydrogen-bond acceptors (Lipinski definition) is 3. The quantitative estimate of drug-likeness (QED) is 0.840. The molecule has 0 bridgehead atoms. The van der Waals surface area contributed by atoms with Gasteiger partial charge in [0.15, 0.2) is 5.76 Å². The van der Waals surface area contributed by atoms with E-state index in [-0.39, 0.29) is 31.8 Å². The first-order valence-electron chi connectivity index (χ1n) is 5.76. The Morgan fingerprint density at radius 2 is 2.16 bits per heavy atom. The van der Waals surface area contributed by atoms with Gasteiger partial charge in [0.25, 0.3) is 5.91 Å². The van der Waals surface area contributed by atoms with Crippen LogP contribution in [-0.4, -0.2) is 30.1 Å². The zero-order chi connectivity index (χ0) is 14.0. The van der Waals surface area contributed by atoms with E-state index in [9.17, 15) is 18.0 Å². The van der Waals surface area contributed by atoms with E-state index in [4.69, 9.17) is 10.2 Å².